The van der Waals surface area contributed by atoms with Gasteiger partial charge in [-0.3, -0.25) is 4.98 Å². The monoisotopic (exact) mass is 250 g/mol. The van der Waals surface area contributed by atoms with E-state index in [9.17, 15) is 0 Å². The van der Waals surface area contributed by atoms with Crippen LogP contribution in [0.15, 0.2) is 24.3 Å². The maximum atomic E-state index is 6.49. The van der Waals surface area contributed by atoms with E-state index in [-0.39, 0.29) is 0 Å². The van der Waals surface area contributed by atoms with Crippen LogP contribution >= 0.6 is 0 Å². The number of allylic oxidation sites excluding steroid dienone is 2. The van der Waals surface area contributed by atoms with E-state index in [0.717, 1.165) is 16.6 Å². The van der Waals surface area contributed by atoms with E-state index in [4.69, 9.17) is 10.7 Å². The van der Waals surface area contributed by atoms with Gasteiger partial charge in [0.1, 0.15) is 0 Å². The Kier molecular flexibility index (Phi) is 2.09. The molecular formula is C17H18N2. The smallest absolute Gasteiger partial charge is 0.0755 e. The normalized spacial score (nSPS) is 23.9. The summed E-state index contributed by atoms with van der Waals surface area (Å²) in [6.45, 7) is 4.25. The predicted molar refractivity (Wildman–Crippen MR) is 79.5 cm³/mol. The zero-order valence-electron chi connectivity index (χ0n) is 11.4. The number of rotatable bonds is 0. The summed E-state index contributed by atoms with van der Waals surface area (Å²) in [4.78, 5) is 4.97. The van der Waals surface area contributed by atoms with Gasteiger partial charge >= 0.3 is 0 Å². The standard InChI is InChI=1S/C17H18N2/c1-9-7-10(2)16-13(8-9)15(18)14-11-3-5-12(6-4-11)17(14)19-16/h3,5,7-8,11-12H,4,6H2,1-2H3,(H2,18,19). The lowest BCUT2D eigenvalue weighted by atomic mass is 9.73. The molecule has 0 radical (unpaired) electrons. The lowest BCUT2D eigenvalue weighted by Crippen LogP contribution is -2.20. The number of hydrogen-bond donors (Lipinski definition) is 1. The van der Waals surface area contributed by atoms with Crippen molar-refractivity contribution in [3.8, 4) is 0 Å². The van der Waals surface area contributed by atoms with Gasteiger partial charge in [0.15, 0.2) is 0 Å². The second kappa shape index (κ2) is 3.60. The number of aryl methyl sites for hydroxylation is 2. The van der Waals surface area contributed by atoms with Crippen LogP contribution in [0.5, 0.6) is 0 Å². The average molecular weight is 250 g/mol. The van der Waals surface area contributed by atoms with Gasteiger partial charge < -0.3 is 5.73 Å². The van der Waals surface area contributed by atoms with Crippen LogP contribution in [0, 0.1) is 13.8 Å². The molecule has 5 rings (SSSR count). The number of nitrogens with two attached hydrogens (primary N) is 1. The Morgan fingerprint density at radius 2 is 1.84 bits per heavy atom. The summed E-state index contributed by atoms with van der Waals surface area (Å²) in [5.41, 5.74) is 13.6. The van der Waals surface area contributed by atoms with Gasteiger partial charge in [-0.15, -0.1) is 0 Å². The fourth-order valence-corrected chi connectivity index (χ4v) is 3.74. The van der Waals surface area contributed by atoms with E-state index < -0.39 is 0 Å². The molecule has 2 nitrogen and oxygen atoms in total. The highest BCUT2D eigenvalue weighted by molar-refractivity contribution is 5.95. The number of nitrogen functional groups attached to an aromatic ring is 1. The van der Waals surface area contributed by atoms with Crippen molar-refractivity contribution in [3.05, 3.63) is 46.7 Å². The second-order valence-electron chi connectivity index (χ2n) is 5.98. The summed E-state index contributed by atoms with van der Waals surface area (Å²) in [6.07, 6.45) is 7.08. The van der Waals surface area contributed by atoms with Gasteiger partial charge in [0.2, 0.25) is 0 Å². The molecule has 3 aliphatic rings. The molecule has 19 heavy (non-hydrogen) atoms. The van der Waals surface area contributed by atoms with Crippen LogP contribution in [-0.4, -0.2) is 4.98 Å². The molecule has 0 saturated heterocycles. The number of fused-ring (bicyclic) bond motifs is 2. The molecule has 0 aliphatic heterocycles. The van der Waals surface area contributed by atoms with E-state index in [0.29, 0.717) is 11.8 Å². The van der Waals surface area contributed by atoms with Crippen LogP contribution in [0.3, 0.4) is 0 Å². The minimum atomic E-state index is 0.479. The molecule has 2 heteroatoms. The SMILES string of the molecule is Cc1cc(C)c2nc3c(c(N)c2c1)C1C=CC3CC1. The van der Waals surface area contributed by atoms with Crippen molar-refractivity contribution >= 4 is 16.6 Å². The molecular weight excluding hydrogens is 232 g/mol. The van der Waals surface area contributed by atoms with Crippen LogP contribution in [-0.2, 0) is 0 Å². The summed E-state index contributed by atoms with van der Waals surface area (Å²) >= 11 is 0. The van der Waals surface area contributed by atoms with Gasteiger partial charge in [-0.1, -0.05) is 23.8 Å². The van der Waals surface area contributed by atoms with Gasteiger partial charge in [0.05, 0.1) is 11.2 Å². The molecule has 3 aliphatic carbocycles. The molecule has 1 aromatic heterocycles. The topological polar surface area (TPSA) is 38.9 Å². The quantitative estimate of drug-likeness (QED) is 0.719. The van der Waals surface area contributed by atoms with Crippen molar-refractivity contribution in [1.82, 2.24) is 4.98 Å². The fraction of sp³-hybridized carbons (Fsp3) is 0.353. The lowest BCUT2D eigenvalue weighted by molar-refractivity contribution is 0.543. The largest absolute Gasteiger partial charge is 0.398 e. The van der Waals surface area contributed by atoms with Gasteiger partial charge in [0, 0.05) is 28.5 Å². The molecule has 2 atom stereocenters. The Hall–Kier alpha value is -1.83. The number of nitrogens with zero attached hydrogens (tertiary/aromatic N) is 1. The molecule has 2 N–H and O–H groups in total. The number of benzene rings is 1. The fourth-order valence-electron chi connectivity index (χ4n) is 3.74. The Labute approximate surface area is 113 Å². The number of aromatic nitrogens is 1. The number of hydrogen-bond acceptors (Lipinski definition) is 2. The molecule has 1 aromatic carbocycles. The van der Waals surface area contributed by atoms with E-state index in [1.54, 1.807) is 0 Å². The first-order chi connectivity index (χ1) is 9.15. The summed E-state index contributed by atoms with van der Waals surface area (Å²) in [6, 6.07) is 4.37. The number of pyridine rings is 1. The average Bonchev–Trinajstić information content (AvgIpc) is 2.41. The van der Waals surface area contributed by atoms with E-state index in [2.05, 4.69) is 38.1 Å². The Balaban J connectivity index is 2.13. The third-order valence-corrected chi connectivity index (χ3v) is 4.62. The van der Waals surface area contributed by atoms with Gasteiger partial charge in [0.25, 0.3) is 0 Å². The van der Waals surface area contributed by atoms with Gasteiger partial charge in [-0.25, -0.2) is 0 Å². The lowest BCUT2D eigenvalue weighted by Gasteiger charge is -2.34. The minimum Gasteiger partial charge on any atom is -0.398 e. The molecule has 0 amide bonds. The maximum absolute atomic E-state index is 6.49. The van der Waals surface area contributed by atoms with Crippen LogP contribution in [0.4, 0.5) is 5.69 Å². The Morgan fingerprint density at radius 3 is 2.58 bits per heavy atom. The van der Waals surface area contributed by atoms with Crippen molar-refractivity contribution in [2.24, 2.45) is 0 Å². The zero-order chi connectivity index (χ0) is 13.1. The highest BCUT2D eigenvalue weighted by atomic mass is 14.8. The second-order valence-corrected chi connectivity index (χ2v) is 5.98. The zero-order valence-corrected chi connectivity index (χ0v) is 11.4. The number of anilines is 1. The molecule has 1 heterocycles. The van der Waals surface area contributed by atoms with Crippen molar-refractivity contribution in [1.29, 1.82) is 0 Å². The highest BCUT2D eigenvalue weighted by Crippen LogP contribution is 2.48. The first-order valence-electron chi connectivity index (χ1n) is 7.03. The maximum Gasteiger partial charge on any atom is 0.0755 e. The summed E-state index contributed by atoms with van der Waals surface area (Å²) in [7, 11) is 0. The van der Waals surface area contributed by atoms with Crippen LogP contribution in [0.1, 0.15) is 47.1 Å². The first kappa shape index (κ1) is 11.0. The third kappa shape index (κ3) is 1.40. The Bertz CT molecular complexity index is 728. The summed E-state index contributed by atoms with van der Waals surface area (Å²) in [5.74, 6) is 0.963. The predicted octanol–water partition coefficient (Wildman–Crippen LogP) is 3.96. The Morgan fingerprint density at radius 1 is 1.11 bits per heavy atom. The molecule has 2 bridgehead atoms. The van der Waals surface area contributed by atoms with Crippen LogP contribution < -0.4 is 5.73 Å². The minimum absolute atomic E-state index is 0.479. The summed E-state index contributed by atoms with van der Waals surface area (Å²) in [5, 5.41) is 1.14. The van der Waals surface area contributed by atoms with Crippen molar-refractivity contribution in [2.45, 2.75) is 38.5 Å². The van der Waals surface area contributed by atoms with E-state index in [1.165, 1.54) is 35.2 Å². The molecule has 0 fully saturated rings. The first-order valence-corrected chi connectivity index (χ1v) is 7.03. The van der Waals surface area contributed by atoms with Crippen molar-refractivity contribution in [3.63, 3.8) is 0 Å². The molecule has 0 saturated carbocycles. The third-order valence-electron chi connectivity index (χ3n) is 4.62. The molecule has 2 unspecified atom stereocenters. The van der Waals surface area contributed by atoms with Crippen LogP contribution in [0.2, 0.25) is 0 Å². The van der Waals surface area contributed by atoms with Crippen LogP contribution in [0.25, 0.3) is 10.9 Å². The molecule has 0 spiro atoms. The summed E-state index contributed by atoms with van der Waals surface area (Å²) < 4.78 is 0. The van der Waals surface area contributed by atoms with Crippen molar-refractivity contribution < 1.29 is 0 Å². The van der Waals surface area contributed by atoms with Gasteiger partial charge in [-0.05, 0) is 38.3 Å². The highest BCUT2D eigenvalue weighted by Gasteiger charge is 2.32. The van der Waals surface area contributed by atoms with E-state index >= 15 is 0 Å². The molecule has 96 valence electrons. The van der Waals surface area contributed by atoms with Crippen molar-refractivity contribution in [2.75, 3.05) is 5.73 Å². The van der Waals surface area contributed by atoms with E-state index in [1.807, 2.05) is 0 Å². The molecule has 2 aromatic rings. The van der Waals surface area contributed by atoms with Gasteiger partial charge in [-0.2, -0.15) is 0 Å².